The van der Waals surface area contributed by atoms with Crippen molar-refractivity contribution in [3.05, 3.63) is 48.4 Å². The molecule has 0 saturated carbocycles. The Morgan fingerprint density at radius 1 is 1.19 bits per heavy atom. The van der Waals surface area contributed by atoms with Gasteiger partial charge in [-0.2, -0.15) is 0 Å². The molecule has 4 rings (SSSR count). The van der Waals surface area contributed by atoms with E-state index in [0.717, 1.165) is 24.2 Å². The first-order valence-corrected chi connectivity index (χ1v) is 9.10. The van der Waals surface area contributed by atoms with Crippen LogP contribution in [-0.2, 0) is 6.42 Å². The van der Waals surface area contributed by atoms with Gasteiger partial charge >= 0.3 is 0 Å². The summed E-state index contributed by atoms with van der Waals surface area (Å²) in [5.41, 5.74) is 1.40. The standard InChI is InChI=1S/C19H21N5O3/c1-2-4-16-21-22-18(27-16)15-5-3-7-20-17(15)23-8-10-24(11-9-23)19(25)14-6-12-26-13-14/h3,5-7,12-13H,2,4,8-11H2,1H3. The summed E-state index contributed by atoms with van der Waals surface area (Å²) in [4.78, 5) is 21.0. The highest BCUT2D eigenvalue weighted by atomic mass is 16.4. The van der Waals surface area contributed by atoms with E-state index in [1.807, 2.05) is 17.0 Å². The van der Waals surface area contributed by atoms with Crippen LogP contribution in [0.15, 0.2) is 45.8 Å². The number of anilines is 1. The summed E-state index contributed by atoms with van der Waals surface area (Å²) in [6.07, 6.45) is 6.46. The highest BCUT2D eigenvalue weighted by Crippen LogP contribution is 2.28. The lowest BCUT2D eigenvalue weighted by Crippen LogP contribution is -2.49. The molecule has 1 aliphatic heterocycles. The van der Waals surface area contributed by atoms with Crippen LogP contribution in [0.5, 0.6) is 0 Å². The molecule has 0 N–H and O–H groups in total. The van der Waals surface area contributed by atoms with Crippen LogP contribution in [0.3, 0.4) is 0 Å². The van der Waals surface area contributed by atoms with Crippen LogP contribution in [0.4, 0.5) is 5.82 Å². The van der Waals surface area contributed by atoms with Gasteiger partial charge in [0.1, 0.15) is 12.1 Å². The third-order valence-corrected chi connectivity index (χ3v) is 4.58. The molecule has 0 spiro atoms. The molecule has 1 aliphatic rings. The van der Waals surface area contributed by atoms with Crippen LogP contribution < -0.4 is 4.90 Å². The highest BCUT2D eigenvalue weighted by molar-refractivity contribution is 5.94. The number of carbonyl (C=O) groups excluding carboxylic acids is 1. The van der Waals surface area contributed by atoms with Gasteiger partial charge in [0.05, 0.1) is 17.4 Å². The van der Waals surface area contributed by atoms with Gasteiger partial charge in [-0.25, -0.2) is 4.98 Å². The Kier molecular flexibility index (Phi) is 4.86. The van der Waals surface area contributed by atoms with Gasteiger partial charge in [0.2, 0.25) is 5.89 Å². The minimum Gasteiger partial charge on any atom is -0.472 e. The fraction of sp³-hybridized carbons (Fsp3) is 0.368. The first-order chi connectivity index (χ1) is 13.3. The molecule has 8 heteroatoms. The number of aromatic nitrogens is 3. The molecule has 0 aromatic carbocycles. The normalized spacial score (nSPS) is 14.6. The molecule has 1 fully saturated rings. The Morgan fingerprint density at radius 2 is 2.04 bits per heavy atom. The van der Waals surface area contributed by atoms with E-state index >= 15 is 0 Å². The zero-order valence-corrected chi connectivity index (χ0v) is 15.2. The van der Waals surface area contributed by atoms with Gasteiger partial charge in [0.15, 0.2) is 0 Å². The van der Waals surface area contributed by atoms with Crippen molar-refractivity contribution in [3.8, 4) is 11.5 Å². The molecule has 1 saturated heterocycles. The van der Waals surface area contributed by atoms with Crippen LogP contribution in [0.25, 0.3) is 11.5 Å². The van der Waals surface area contributed by atoms with Crippen LogP contribution in [0.2, 0.25) is 0 Å². The molecule has 0 aliphatic carbocycles. The van der Waals surface area contributed by atoms with Gasteiger partial charge in [-0.1, -0.05) is 6.92 Å². The fourth-order valence-corrected chi connectivity index (χ4v) is 3.18. The molecule has 3 aromatic rings. The van der Waals surface area contributed by atoms with E-state index in [1.54, 1.807) is 12.3 Å². The van der Waals surface area contributed by atoms with E-state index in [-0.39, 0.29) is 5.91 Å². The van der Waals surface area contributed by atoms with Gasteiger partial charge in [0, 0.05) is 38.8 Å². The molecule has 0 radical (unpaired) electrons. The average Bonchev–Trinajstić information content (AvgIpc) is 3.40. The molecule has 4 heterocycles. The van der Waals surface area contributed by atoms with Crippen molar-refractivity contribution in [2.75, 3.05) is 31.1 Å². The fourth-order valence-electron chi connectivity index (χ4n) is 3.18. The monoisotopic (exact) mass is 367 g/mol. The molecule has 0 bridgehead atoms. The lowest BCUT2D eigenvalue weighted by Gasteiger charge is -2.35. The van der Waals surface area contributed by atoms with Crippen molar-refractivity contribution in [3.63, 3.8) is 0 Å². The smallest absolute Gasteiger partial charge is 0.257 e. The van der Waals surface area contributed by atoms with Crippen LogP contribution in [0.1, 0.15) is 29.6 Å². The second-order valence-corrected chi connectivity index (χ2v) is 6.42. The maximum absolute atomic E-state index is 12.5. The first-order valence-electron chi connectivity index (χ1n) is 9.10. The molecule has 1 amide bonds. The van der Waals surface area contributed by atoms with Crippen molar-refractivity contribution in [1.29, 1.82) is 0 Å². The SMILES string of the molecule is CCCc1nnc(-c2cccnc2N2CCN(C(=O)c3ccoc3)CC2)o1. The number of pyridine rings is 1. The predicted octanol–water partition coefficient (Wildman–Crippen LogP) is 2.64. The number of amides is 1. The number of furan rings is 1. The van der Waals surface area contributed by atoms with E-state index in [0.29, 0.717) is 43.5 Å². The van der Waals surface area contributed by atoms with E-state index in [9.17, 15) is 4.79 Å². The number of carbonyl (C=O) groups is 1. The van der Waals surface area contributed by atoms with Crippen molar-refractivity contribution in [1.82, 2.24) is 20.1 Å². The third-order valence-electron chi connectivity index (χ3n) is 4.58. The maximum atomic E-state index is 12.5. The maximum Gasteiger partial charge on any atom is 0.257 e. The Labute approximate surface area is 156 Å². The number of hydrogen-bond acceptors (Lipinski definition) is 7. The lowest BCUT2D eigenvalue weighted by atomic mass is 10.2. The summed E-state index contributed by atoms with van der Waals surface area (Å²) in [6.45, 7) is 4.67. The number of nitrogens with zero attached hydrogens (tertiary/aromatic N) is 5. The molecular formula is C19H21N5O3. The van der Waals surface area contributed by atoms with Gasteiger partial charge < -0.3 is 18.6 Å². The van der Waals surface area contributed by atoms with Crippen molar-refractivity contribution >= 4 is 11.7 Å². The zero-order chi connectivity index (χ0) is 18.6. The minimum atomic E-state index is -0.00856. The molecule has 140 valence electrons. The van der Waals surface area contributed by atoms with Crippen molar-refractivity contribution in [2.45, 2.75) is 19.8 Å². The molecule has 8 nitrogen and oxygen atoms in total. The number of hydrogen-bond donors (Lipinski definition) is 0. The summed E-state index contributed by atoms with van der Waals surface area (Å²) in [5, 5.41) is 8.29. The van der Waals surface area contributed by atoms with Crippen LogP contribution >= 0.6 is 0 Å². The van der Waals surface area contributed by atoms with Crippen molar-refractivity contribution < 1.29 is 13.6 Å². The summed E-state index contributed by atoms with van der Waals surface area (Å²) >= 11 is 0. The molecule has 0 atom stereocenters. The summed E-state index contributed by atoms with van der Waals surface area (Å²) in [5.74, 6) is 1.92. The zero-order valence-electron chi connectivity index (χ0n) is 15.2. The van der Waals surface area contributed by atoms with E-state index in [1.165, 1.54) is 12.5 Å². The second kappa shape index (κ2) is 7.61. The first kappa shape index (κ1) is 17.3. The summed E-state index contributed by atoms with van der Waals surface area (Å²) in [7, 11) is 0. The van der Waals surface area contributed by atoms with E-state index < -0.39 is 0 Å². The Bertz CT molecular complexity index is 898. The largest absolute Gasteiger partial charge is 0.472 e. The van der Waals surface area contributed by atoms with Crippen LogP contribution in [-0.4, -0.2) is 52.2 Å². The van der Waals surface area contributed by atoms with Crippen LogP contribution in [0, 0.1) is 0 Å². The van der Waals surface area contributed by atoms with Crippen molar-refractivity contribution in [2.24, 2.45) is 0 Å². The van der Waals surface area contributed by atoms with Gasteiger partial charge in [-0.3, -0.25) is 4.79 Å². The average molecular weight is 367 g/mol. The Morgan fingerprint density at radius 3 is 2.78 bits per heavy atom. The third kappa shape index (κ3) is 3.55. The summed E-state index contributed by atoms with van der Waals surface area (Å²) < 4.78 is 10.8. The number of rotatable bonds is 5. The van der Waals surface area contributed by atoms with E-state index in [4.69, 9.17) is 8.83 Å². The van der Waals surface area contributed by atoms with E-state index in [2.05, 4.69) is 27.0 Å². The molecule has 27 heavy (non-hydrogen) atoms. The molecule has 3 aromatic heterocycles. The summed E-state index contributed by atoms with van der Waals surface area (Å²) in [6, 6.07) is 5.49. The van der Waals surface area contributed by atoms with Gasteiger partial charge in [-0.05, 0) is 24.6 Å². The highest BCUT2D eigenvalue weighted by Gasteiger charge is 2.26. The predicted molar refractivity (Wildman–Crippen MR) is 98.3 cm³/mol. The Hall–Kier alpha value is -3.16. The number of piperazine rings is 1. The second-order valence-electron chi connectivity index (χ2n) is 6.42. The lowest BCUT2D eigenvalue weighted by molar-refractivity contribution is 0.0746. The van der Waals surface area contributed by atoms with Gasteiger partial charge in [-0.15, -0.1) is 10.2 Å². The Balaban J connectivity index is 1.49. The topological polar surface area (TPSA) is 88.5 Å². The number of aryl methyl sites for hydroxylation is 1. The molecular weight excluding hydrogens is 346 g/mol. The quantitative estimate of drug-likeness (QED) is 0.685. The van der Waals surface area contributed by atoms with Gasteiger partial charge in [0.25, 0.3) is 11.8 Å². The molecule has 0 unspecified atom stereocenters. The minimum absolute atomic E-state index is 0.00856.